The number of nitrogens with zero attached hydrogens (tertiary/aromatic N) is 3. The molecule has 3 heteroatoms. The lowest BCUT2D eigenvalue weighted by atomic mass is 9.91. The van der Waals surface area contributed by atoms with Crippen LogP contribution in [0.2, 0.25) is 0 Å². The van der Waals surface area contributed by atoms with Crippen LogP contribution in [-0.2, 0) is 0 Å². The molecule has 0 aliphatic carbocycles. The summed E-state index contributed by atoms with van der Waals surface area (Å²) in [6.45, 7) is 15.0. The lowest BCUT2D eigenvalue weighted by Crippen LogP contribution is -1.94. The summed E-state index contributed by atoms with van der Waals surface area (Å²) < 4.78 is 2.37. The highest BCUT2D eigenvalue weighted by atomic mass is 15.0. The second kappa shape index (κ2) is 19.2. The SMILES string of the molecule is CC.CCC(C)C.Cc1ccccc1-c1cc(-c2cc(-c3cccc(-c4cccc5cccnc45)c3)c3cc(-c4ccc5c(c4)c4ccccc4n5-c4ccccc4)ccc3n2)ccc1C. The molecule has 3 heterocycles. The van der Waals surface area contributed by atoms with Crippen LogP contribution in [0.15, 0.2) is 200 Å². The van der Waals surface area contributed by atoms with E-state index in [9.17, 15) is 0 Å². The molecule has 11 aromatic rings. The van der Waals surface area contributed by atoms with Crippen LogP contribution in [-0.4, -0.2) is 14.5 Å². The molecular formula is C63H57N3. The molecule has 324 valence electrons. The van der Waals surface area contributed by atoms with Crippen molar-refractivity contribution in [3.63, 3.8) is 0 Å². The Hall–Kier alpha value is -7.62. The molecule has 0 atom stereocenters. The van der Waals surface area contributed by atoms with Gasteiger partial charge in [0, 0.05) is 44.6 Å². The molecule has 0 saturated carbocycles. The molecule has 0 N–H and O–H groups in total. The Bertz CT molecular complexity index is 3480. The second-order valence-corrected chi connectivity index (χ2v) is 17.3. The average Bonchev–Trinajstić information content (AvgIpc) is 3.71. The van der Waals surface area contributed by atoms with Gasteiger partial charge in [0.2, 0.25) is 0 Å². The van der Waals surface area contributed by atoms with Crippen LogP contribution in [0.25, 0.3) is 105 Å². The number of aryl methyl sites for hydroxylation is 2. The van der Waals surface area contributed by atoms with E-state index in [1.807, 2.05) is 26.1 Å². The van der Waals surface area contributed by atoms with Crippen molar-refractivity contribution in [2.45, 2.75) is 54.9 Å². The van der Waals surface area contributed by atoms with Gasteiger partial charge >= 0.3 is 0 Å². The Morgan fingerprint density at radius 1 is 0.455 bits per heavy atom. The molecule has 8 aromatic carbocycles. The molecule has 0 aliphatic rings. The normalized spacial score (nSPS) is 11.2. The van der Waals surface area contributed by atoms with Crippen LogP contribution in [0.1, 0.15) is 52.2 Å². The molecule has 0 unspecified atom stereocenters. The highest BCUT2D eigenvalue weighted by Gasteiger charge is 2.17. The van der Waals surface area contributed by atoms with Gasteiger partial charge in [0.05, 0.1) is 27.8 Å². The van der Waals surface area contributed by atoms with Crippen molar-refractivity contribution in [2.75, 3.05) is 0 Å². The highest BCUT2D eigenvalue weighted by molar-refractivity contribution is 6.11. The summed E-state index contributed by atoms with van der Waals surface area (Å²) in [5.74, 6) is 0.884. The summed E-state index contributed by atoms with van der Waals surface area (Å²) in [6, 6.07) is 70.1. The molecule has 0 saturated heterocycles. The third kappa shape index (κ3) is 8.53. The summed E-state index contributed by atoms with van der Waals surface area (Å²) in [5, 5.41) is 4.71. The fraction of sp³-hybridized carbons (Fsp3) is 0.143. The number of hydrogen-bond donors (Lipinski definition) is 0. The van der Waals surface area contributed by atoms with E-state index in [0.29, 0.717) is 0 Å². The van der Waals surface area contributed by atoms with Crippen LogP contribution >= 0.6 is 0 Å². The largest absolute Gasteiger partial charge is 0.309 e. The molecule has 66 heavy (non-hydrogen) atoms. The monoisotopic (exact) mass is 855 g/mol. The number of rotatable bonds is 7. The molecule has 11 rings (SSSR count). The van der Waals surface area contributed by atoms with Crippen LogP contribution < -0.4 is 0 Å². The minimum Gasteiger partial charge on any atom is -0.309 e. The summed E-state index contributed by atoms with van der Waals surface area (Å²) >= 11 is 0. The fourth-order valence-corrected chi connectivity index (χ4v) is 8.94. The molecule has 0 fully saturated rings. The van der Waals surface area contributed by atoms with Crippen molar-refractivity contribution < 1.29 is 0 Å². The van der Waals surface area contributed by atoms with E-state index in [1.54, 1.807) is 0 Å². The number of pyridine rings is 2. The topological polar surface area (TPSA) is 30.7 Å². The lowest BCUT2D eigenvalue weighted by Gasteiger charge is -2.15. The van der Waals surface area contributed by atoms with Crippen molar-refractivity contribution in [1.82, 2.24) is 14.5 Å². The summed E-state index contributed by atoms with van der Waals surface area (Å²) in [6.07, 6.45) is 3.18. The Kier molecular flexibility index (Phi) is 12.7. The number of aromatic nitrogens is 3. The summed E-state index contributed by atoms with van der Waals surface area (Å²) in [4.78, 5) is 10.2. The zero-order valence-corrected chi connectivity index (χ0v) is 39.2. The van der Waals surface area contributed by atoms with Crippen LogP contribution in [0, 0.1) is 19.8 Å². The Labute approximate surface area is 390 Å². The Morgan fingerprint density at radius 3 is 1.86 bits per heavy atom. The minimum atomic E-state index is 0.884. The van der Waals surface area contributed by atoms with Crippen LogP contribution in [0.5, 0.6) is 0 Å². The average molecular weight is 856 g/mol. The van der Waals surface area contributed by atoms with E-state index < -0.39 is 0 Å². The van der Waals surface area contributed by atoms with E-state index in [-0.39, 0.29) is 0 Å². The molecule has 3 nitrogen and oxygen atoms in total. The molecule has 3 aromatic heterocycles. The first-order valence-electron chi connectivity index (χ1n) is 23.5. The first kappa shape index (κ1) is 43.6. The molecule has 0 spiro atoms. The van der Waals surface area contributed by atoms with Crippen molar-refractivity contribution >= 4 is 43.6 Å². The second-order valence-electron chi connectivity index (χ2n) is 17.3. The predicted octanol–water partition coefficient (Wildman–Crippen LogP) is 17.9. The van der Waals surface area contributed by atoms with Crippen molar-refractivity contribution in [2.24, 2.45) is 5.92 Å². The Morgan fingerprint density at radius 2 is 1.08 bits per heavy atom. The van der Waals surface area contributed by atoms with Gasteiger partial charge in [-0.15, -0.1) is 0 Å². The molecule has 0 bridgehead atoms. The molecule has 0 amide bonds. The highest BCUT2D eigenvalue weighted by Crippen LogP contribution is 2.40. The summed E-state index contributed by atoms with van der Waals surface area (Å²) in [7, 11) is 0. The molecular weight excluding hydrogens is 799 g/mol. The van der Waals surface area contributed by atoms with Gasteiger partial charge in [-0.1, -0.05) is 168 Å². The smallest absolute Gasteiger partial charge is 0.0780 e. The quantitative estimate of drug-likeness (QED) is 0.160. The van der Waals surface area contributed by atoms with Gasteiger partial charge in [0.1, 0.15) is 0 Å². The summed E-state index contributed by atoms with van der Waals surface area (Å²) in [5.41, 5.74) is 19.4. The minimum absolute atomic E-state index is 0.884. The zero-order valence-electron chi connectivity index (χ0n) is 39.2. The zero-order chi connectivity index (χ0) is 45.7. The Balaban J connectivity index is 0.000000735. The maximum Gasteiger partial charge on any atom is 0.0780 e. The van der Waals surface area contributed by atoms with Gasteiger partial charge in [-0.2, -0.15) is 0 Å². The van der Waals surface area contributed by atoms with Gasteiger partial charge in [0.15, 0.2) is 0 Å². The van der Waals surface area contributed by atoms with Gasteiger partial charge in [-0.05, 0) is 137 Å². The van der Waals surface area contributed by atoms with Gasteiger partial charge < -0.3 is 4.57 Å². The van der Waals surface area contributed by atoms with E-state index in [4.69, 9.17) is 9.97 Å². The van der Waals surface area contributed by atoms with Crippen LogP contribution in [0.4, 0.5) is 0 Å². The standard InChI is InChI=1S/C56H39N3.C5H12.C2H6/c1-36-13-6-7-20-45(36)48-34-43(25-24-37(48)2)53-35-49(42-16-10-15-41(31-42)46-22-11-14-38-17-12-30-57-56(38)46)50-32-39(26-28-52(50)58-53)40-27-29-55-51(33-40)47-21-8-9-23-54(47)59(55)44-18-4-3-5-19-44;1-4-5(2)3;1-2/h3-35H,1-2H3;5H,4H2,1-3H3;1-2H3. The van der Waals surface area contributed by atoms with E-state index in [2.05, 4.69) is 227 Å². The molecule has 0 aliphatic heterocycles. The van der Waals surface area contributed by atoms with E-state index in [1.165, 1.54) is 56.0 Å². The van der Waals surface area contributed by atoms with Crippen molar-refractivity contribution in [3.05, 3.63) is 211 Å². The fourth-order valence-electron chi connectivity index (χ4n) is 8.94. The number of hydrogen-bond acceptors (Lipinski definition) is 2. The van der Waals surface area contributed by atoms with Crippen LogP contribution in [0.3, 0.4) is 0 Å². The maximum absolute atomic E-state index is 5.39. The van der Waals surface area contributed by atoms with Gasteiger partial charge in [0.25, 0.3) is 0 Å². The lowest BCUT2D eigenvalue weighted by molar-refractivity contribution is 0.626. The first-order chi connectivity index (χ1) is 32.3. The third-order valence-electron chi connectivity index (χ3n) is 12.7. The first-order valence-corrected chi connectivity index (χ1v) is 23.5. The number of fused-ring (bicyclic) bond motifs is 5. The van der Waals surface area contributed by atoms with E-state index in [0.717, 1.165) is 72.5 Å². The third-order valence-corrected chi connectivity index (χ3v) is 12.7. The van der Waals surface area contributed by atoms with Gasteiger partial charge in [-0.3, -0.25) is 4.98 Å². The maximum atomic E-state index is 5.39. The number of para-hydroxylation sites is 3. The van der Waals surface area contributed by atoms with Crippen molar-refractivity contribution in [3.8, 4) is 61.5 Å². The predicted molar refractivity (Wildman–Crippen MR) is 285 cm³/mol. The van der Waals surface area contributed by atoms with Gasteiger partial charge in [-0.25, -0.2) is 4.98 Å². The number of benzene rings is 8. The van der Waals surface area contributed by atoms with E-state index >= 15 is 0 Å². The molecule has 0 radical (unpaired) electrons. The van der Waals surface area contributed by atoms with Crippen molar-refractivity contribution in [1.29, 1.82) is 0 Å².